The van der Waals surface area contributed by atoms with E-state index in [4.69, 9.17) is 9.47 Å². The van der Waals surface area contributed by atoms with E-state index < -0.39 is 24.1 Å². The van der Waals surface area contributed by atoms with E-state index in [1.165, 1.54) is 21.7 Å². The molecule has 10 heteroatoms. The first-order valence-corrected chi connectivity index (χ1v) is 13.9. The fourth-order valence-corrected chi connectivity index (χ4v) is 4.27. The maximum atomic E-state index is 14.2. The van der Waals surface area contributed by atoms with Gasteiger partial charge in [-0.25, -0.2) is 4.79 Å². The van der Waals surface area contributed by atoms with Crippen molar-refractivity contribution in [1.29, 1.82) is 0 Å². The Morgan fingerprint density at radius 3 is 1.95 bits per heavy atom. The average molecular weight is 589 g/mol. The largest absolute Gasteiger partial charge is 0.482 e. The van der Waals surface area contributed by atoms with Crippen molar-refractivity contribution in [2.24, 2.45) is 0 Å². The van der Waals surface area contributed by atoms with Gasteiger partial charge in [0.25, 0.3) is 5.91 Å². The van der Waals surface area contributed by atoms with E-state index in [9.17, 15) is 19.2 Å². The molecule has 4 amide bonds. The van der Waals surface area contributed by atoms with Gasteiger partial charge in [-0.3, -0.25) is 24.2 Å². The van der Waals surface area contributed by atoms with Crippen LogP contribution in [0.15, 0.2) is 72.8 Å². The molecule has 0 aromatic heterocycles. The fraction of sp³-hybridized carbons (Fsp3) is 0.333. The van der Waals surface area contributed by atoms with E-state index in [2.05, 4.69) is 5.32 Å². The number of aryl methyl sites for hydroxylation is 2. The third-order valence-corrected chi connectivity index (χ3v) is 6.33. The lowest BCUT2D eigenvalue weighted by Crippen LogP contribution is -2.48. The van der Waals surface area contributed by atoms with Crippen LogP contribution < -0.4 is 24.8 Å². The van der Waals surface area contributed by atoms with Crippen molar-refractivity contribution in [2.45, 2.75) is 40.2 Å². The predicted octanol–water partition coefficient (Wildman–Crippen LogP) is 4.87. The van der Waals surface area contributed by atoms with Gasteiger partial charge in [0.1, 0.15) is 24.4 Å². The third-order valence-electron chi connectivity index (χ3n) is 6.33. The highest BCUT2D eigenvalue weighted by Crippen LogP contribution is 2.30. The fourth-order valence-electron chi connectivity index (χ4n) is 4.27. The van der Waals surface area contributed by atoms with Crippen LogP contribution in [0.1, 0.15) is 31.9 Å². The van der Waals surface area contributed by atoms with E-state index in [0.717, 1.165) is 11.1 Å². The first-order chi connectivity index (χ1) is 20.3. The van der Waals surface area contributed by atoms with E-state index in [-0.39, 0.29) is 36.4 Å². The number of amides is 4. The van der Waals surface area contributed by atoms with Crippen LogP contribution in [0, 0.1) is 13.8 Å². The highest BCUT2D eigenvalue weighted by atomic mass is 16.6. The number of rotatable bonds is 10. The van der Waals surface area contributed by atoms with Gasteiger partial charge in [-0.05, 0) is 82.1 Å². The number of benzene rings is 3. The molecule has 0 fully saturated rings. The molecule has 3 aromatic carbocycles. The molecule has 0 aliphatic carbocycles. The summed E-state index contributed by atoms with van der Waals surface area (Å²) in [5.74, 6) is -1.07. The monoisotopic (exact) mass is 588 g/mol. The van der Waals surface area contributed by atoms with Crippen LogP contribution in [-0.2, 0) is 19.1 Å². The van der Waals surface area contributed by atoms with Gasteiger partial charge in [0.2, 0.25) is 11.8 Å². The van der Waals surface area contributed by atoms with E-state index in [1.807, 2.05) is 38.1 Å². The number of hydrogen-bond donors (Lipinski definition) is 1. The number of carbonyl (C=O) groups excluding carboxylic acids is 4. The summed E-state index contributed by atoms with van der Waals surface area (Å²) in [7, 11) is 3.11. The Morgan fingerprint density at radius 2 is 1.35 bits per heavy atom. The highest BCUT2D eigenvalue weighted by molar-refractivity contribution is 6.07. The number of anilines is 3. The van der Waals surface area contributed by atoms with E-state index in [0.29, 0.717) is 11.4 Å². The molecule has 0 aliphatic rings. The minimum atomic E-state index is -0.814. The average Bonchev–Trinajstić information content (AvgIpc) is 2.95. The summed E-state index contributed by atoms with van der Waals surface area (Å²) in [6.07, 6.45) is -0.706. The van der Waals surface area contributed by atoms with Gasteiger partial charge < -0.3 is 19.7 Å². The van der Waals surface area contributed by atoms with Gasteiger partial charge >= 0.3 is 6.09 Å². The molecule has 0 unspecified atom stereocenters. The molecule has 0 heterocycles. The van der Waals surface area contributed by atoms with Crippen molar-refractivity contribution in [3.8, 4) is 5.75 Å². The highest BCUT2D eigenvalue weighted by Gasteiger charge is 2.31. The molecule has 0 bridgehead atoms. The Morgan fingerprint density at radius 1 is 0.767 bits per heavy atom. The molecular weight excluding hydrogens is 548 g/mol. The van der Waals surface area contributed by atoms with Crippen molar-refractivity contribution in [3.63, 3.8) is 0 Å². The number of nitrogens with one attached hydrogen (secondary N) is 1. The van der Waals surface area contributed by atoms with Crippen LogP contribution in [0.2, 0.25) is 0 Å². The molecule has 10 nitrogen and oxygen atoms in total. The van der Waals surface area contributed by atoms with Crippen molar-refractivity contribution in [1.82, 2.24) is 5.32 Å². The molecule has 0 aliphatic heterocycles. The normalized spacial score (nSPS) is 10.9. The van der Waals surface area contributed by atoms with Crippen LogP contribution in [0.4, 0.5) is 21.9 Å². The van der Waals surface area contributed by atoms with Gasteiger partial charge in [-0.2, -0.15) is 0 Å². The van der Waals surface area contributed by atoms with Crippen LogP contribution in [0.3, 0.4) is 0 Å². The summed E-state index contributed by atoms with van der Waals surface area (Å²) in [6.45, 7) is 7.96. The number of para-hydroxylation sites is 3. The zero-order valence-electron chi connectivity index (χ0n) is 25.8. The Hall–Kier alpha value is -4.86. The third kappa shape index (κ3) is 9.32. The second-order valence-electron chi connectivity index (χ2n) is 11.1. The second kappa shape index (κ2) is 14.4. The van der Waals surface area contributed by atoms with Gasteiger partial charge in [0, 0.05) is 25.5 Å². The van der Waals surface area contributed by atoms with Gasteiger partial charge in [0.05, 0.1) is 5.69 Å². The Balaban J connectivity index is 2.04. The summed E-state index contributed by atoms with van der Waals surface area (Å²) >= 11 is 0. The van der Waals surface area contributed by atoms with Crippen LogP contribution in [0.5, 0.6) is 5.75 Å². The molecule has 0 saturated heterocycles. The lowest BCUT2D eigenvalue weighted by molar-refractivity contribution is -0.122. The summed E-state index contributed by atoms with van der Waals surface area (Å²) < 4.78 is 11.4. The smallest absolute Gasteiger partial charge is 0.415 e. The molecule has 0 spiro atoms. The zero-order chi connectivity index (χ0) is 31.7. The van der Waals surface area contributed by atoms with Crippen LogP contribution in [-0.4, -0.2) is 63.2 Å². The second-order valence-corrected chi connectivity index (χ2v) is 11.1. The molecule has 3 rings (SSSR count). The van der Waals surface area contributed by atoms with Gasteiger partial charge in [-0.1, -0.05) is 36.4 Å². The topological polar surface area (TPSA) is 108 Å². The van der Waals surface area contributed by atoms with Crippen molar-refractivity contribution in [2.75, 3.05) is 48.5 Å². The Bertz CT molecular complexity index is 1430. The van der Waals surface area contributed by atoms with Crippen molar-refractivity contribution < 1.29 is 28.7 Å². The molecule has 0 atom stereocenters. The van der Waals surface area contributed by atoms with Gasteiger partial charge in [0.15, 0.2) is 6.61 Å². The first-order valence-electron chi connectivity index (χ1n) is 13.9. The Labute approximate surface area is 253 Å². The van der Waals surface area contributed by atoms with Crippen LogP contribution >= 0.6 is 0 Å². The molecule has 0 radical (unpaired) electrons. The number of hydrogen-bond acceptors (Lipinski definition) is 6. The maximum Gasteiger partial charge on any atom is 0.415 e. The summed E-state index contributed by atoms with van der Waals surface area (Å²) in [4.78, 5) is 57.1. The minimum Gasteiger partial charge on any atom is -0.482 e. The number of likely N-dealkylation sites (N-methyl/N-ethyl adjacent to an activating group) is 2. The maximum absolute atomic E-state index is 14.2. The zero-order valence-corrected chi connectivity index (χ0v) is 25.8. The lowest BCUT2D eigenvalue weighted by atomic mass is 10.1. The molecule has 43 heavy (non-hydrogen) atoms. The van der Waals surface area contributed by atoms with Crippen LogP contribution in [0.25, 0.3) is 0 Å². The SMILES string of the molecule is CNC(=O)COc1ccccc1N(CC(=O)N(C)c1ccccc1)C(=O)CN(C(=O)OC(C)(C)C)c1cc(C)cc(C)c1. The number of ether oxygens (including phenoxy) is 2. The van der Waals surface area contributed by atoms with Crippen molar-refractivity contribution in [3.05, 3.63) is 83.9 Å². The quantitative estimate of drug-likeness (QED) is 0.362. The van der Waals surface area contributed by atoms with Gasteiger partial charge in [-0.15, -0.1) is 0 Å². The van der Waals surface area contributed by atoms with Crippen molar-refractivity contribution >= 4 is 40.9 Å². The molecule has 3 aromatic rings. The first kappa shape index (κ1) is 32.7. The Kier molecular flexibility index (Phi) is 10.9. The van der Waals surface area contributed by atoms with E-state index >= 15 is 0 Å². The number of carbonyl (C=O) groups is 4. The predicted molar refractivity (Wildman–Crippen MR) is 168 cm³/mol. The molecule has 228 valence electrons. The molecule has 1 N–H and O–H groups in total. The summed E-state index contributed by atoms with van der Waals surface area (Å²) in [5.41, 5.74) is 2.40. The lowest BCUT2D eigenvalue weighted by Gasteiger charge is -2.31. The summed E-state index contributed by atoms with van der Waals surface area (Å²) in [5, 5.41) is 2.49. The number of nitrogens with zero attached hydrogens (tertiary/aromatic N) is 3. The standard InChI is InChI=1S/C33H40N4O6/c1-23-17-24(2)19-26(18-23)36(32(41)43-33(3,4)5)21-31(40)37(20-30(39)35(7)25-13-9-8-10-14-25)27-15-11-12-16-28(27)42-22-29(38)34-6/h8-19H,20-22H2,1-7H3,(H,34,38). The molecular formula is C33H40N4O6. The summed E-state index contributed by atoms with van der Waals surface area (Å²) in [6, 6.07) is 21.2. The molecule has 0 saturated carbocycles. The minimum absolute atomic E-state index is 0.227. The van der Waals surface area contributed by atoms with E-state index in [1.54, 1.807) is 76.3 Å².